The first-order chi connectivity index (χ1) is 8.60. The molecule has 2 nitrogen and oxygen atoms in total. The SMILES string of the molecule is Cc1cc(Cl)ccc1Oc1cc(Br)ccc1C=O. The number of aldehydes is 1. The van der Waals surface area contributed by atoms with Crippen molar-refractivity contribution in [2.75, 3.05) is 0 Å². The molecule has 0 unspecified atom stereocenters. The molecule has 0 heterocycles. The van der Waals surface area contributed by atoms with Gasteiger partial charge in [0, 0.05) is 9.50 Å². The fourth-order valence-corrected chi connectivity index (χ4v) is 2.11. The average Bonchev–Trinajstić information content (AvgIpc) is 2.33. The highest BCUT2D eigenvalue weighted by Gasteiger charge is 2.07. The molecule has 0 saturated heterocycles. The lowest BCUT2D eigenvalue weighted by Gasteiger charge is -2.11. The smallest absolute Gasteiger partial charge is 0.153 e. The van der Waals surface area contributed by atoms with Crippen LogP contribution in [0.2, 0.25) is 5.02 Å². The second-order valence-electron chi connectivity index (χ2n) is 3.81. The zero-order valence-electron chi connectivity index (χ0n) is 9.61. The predicted molar refractivity (Wildman–Crippen MR) is 75.8 cm³/mol. The van der Waals surface area contributed by atoms with Crippen molar-refractivity contribution in [1.29, 1.82) is 0 Å². The molecule has 0 aromatic heterocycles. The molecule has 4 heteroatoms. The molecule has 0 aliphatic carbocycles. The van der Waals surface area contributed by atoms with Crippen LogP contribution >= 0.6 is 27.5 Å². The minimum absolute atomic E-state index is 0.507. The molecular weight excluding hydrogens is 316 g/mol. The Morgan fingerprint density at radius 3 is 2.61 bits per heavy atom. The third-order valence-corrected chi connectivity index (χ3v) is 3.19. The minimum atomic E-state index is 0.507. The van der Waals surface area contributed by atoms with Crippen molar-refractivity contribution in [3.63, 3.8) is 0 Å². The van der Waals surface area contributed by atoms with Crippen molar-refractivity contribution in [3.8, 4) is 11.5 Å². The maximum absolute atomic E-state index is 11.0. The lowest BCUT2D eigenvalue weighted by atomic mass is 10.2. The van der Waals surface area contributed by atoms with Gasteiger partial charge in [0.2, 0.25) is 0 Å². The summed E-state index contributed by atoms with van der Waals surface area (Å²) < 4.78 is 6.60. The van der Waals surface area contributed by atoms with Crippen LogP contribution in [0.1, 0.15) is 15.9 Å². The number of hydrogen-bond acceptors (Lipinski definition) is 2. The first-order valence-electron chi connectivity index (χ1n) is 5.29. The molecule has 92 valence electrons. The van der Waals surface area contributed by atoms with Gasteiger partial charge in [-0.15, -0.1) is 0 Å². The van der Waals surface area contributed by atoms with E-state index in [1.54, 1.807) is 30.3 Å². The quantitative estimate of drug-likeness (QED) is 0.741. The number of halogens is 2. The Hall–Kier alpha value is -1.32. The summed E-state index contributed by atoms with van der Waals surface area (Å²) in [5, 5.41) is 0.657. The van der Waals surface area contributed by atoms with E-state index in [1.165, 1.54) is 0 Å². The van der Waals surface area contributed by atoms with Gasteiger partial charge in [-0.05, 0) is 48.9 Å². The molecule has 0 bridgehead atoms. The standard InChI is InChI=1S/C14H10BrClO2/c1-9-6-12(16)4-5-13(9)18-14-7-11(15)3-2-10(14)8-17/h2-8H,1H3. The summed E-state index contributed by atoms with van der Waals surface area (Å²) >= 11 is 9.24. The van der Waals surface area contributed by atoms with Crippen molar-refractivity contribution < 1.29 is 9.53 Å². The van der Waals surface area contributed by atoms with E-state index in [1.807, 2.05) is 13.0 Å². The molecule has 0 N–H and O–H groups in total. The molecule has 2 aromatic rings. The molecule has 0 fully saturated rings. The van der Waals surface area contributed by atoms with Gasteiger partial charge in [-0.1, -0.05) is 27.5 Å². The minimum Gasteiger partial charge on any atom is -0.456 e. The van der Waals surface area contributed by atoms with Gasteiger partial charge in [0.1, 0.15) is 11.5 Å². The van der Waals surface area contributed by atoms with E-state index in [0.717, 1.165) is 16.3 Å². The molecule has 0 atom stereocenters. The summed E-state index contributed by atoms with van der Waals surface area (Å²) in [7, 11) is 0. The van der Waals surface area contributed by atoms with Crippen LogP contribution in [0.25, 0.3) is 0 Å². The fraction of sp³-hybridized carbons (Fsp3) is 0.0714. The summed E-state index contributed by atoms with van der Waals surface area (Å²) in [6.07, 6.45) is 0.771. The highest BCUT2D eigenvalue weighted by atomic mass is 79.9. The lowest BCUT2D eigenvalue weighted by Crippen LogP contribution is -1.92. The van der Waals surface area contributed by atoms with Crippen molar-refractivity contribution in [2.24, 2.45) is 0 Å². The lowest BCUT2D eigenvalue weighted by molar-refractivity contribution is 0.112. The molecule has 0 saturated carbocycles. The summed E-state index contributed by atoms with van der Waals surface area (Å²) in [6.45, 7) is 1.90. The maximum atomic E-state index is 11.0. The van der Waals surface area contributed by atoms with Crippen LogP contribution in [0.3, 0.4) is 0 Å². The second kappa shape index (κ2) is 5.55. The van der Waals surface area contributed by atoms with E-state index in [-0.39, 0.29) is 0 Å². The first kappa shape index (κ1) is 13.1. The van der Waals surface area contributed by atoms with Crippen LogP contribution in [-0.4, -0.2) is 6.29 Å². The summed E-state index contributed by atoms with van der Waals surface area (Å²) in [5.74, 6) is 1.20. The van der Waals surface area contributed by atoms with E-state index < -0.39 is 0 Å². The number of aryl methyl sites for hydroxylation is 1. The van der Waals surface area contributed by atoms with E-state index in [0.29, 0.717) is 22.1 Å². The number of hydrogen-bond donors (Lipinski definition) is 0. The van der Waals surface area contributed by atoms with Crippen molar-refractivity contribution >= 4 is 33.8 Å². The van der Waals surface area contributed by atoms with Gasteiger partial charge in [-0.2, -0.15) is 0 Å². The highest BCUT2D eigenvalue weighted by molar-refractivity contribution is 9.10. The Morgan fingerprint density at radius 1 is 1.17 bits per heavy atom. The van der Waals surface area contributed by atoms with Crippen LogP contribution < -0.4 is 4.74 Å². The number of carbonyl (C=O) groups excluding carboxylic acids is 1. The van der Waals surface area contributed by atoms with Crippen LogP contribution in [0.15, 0.2) is 40.9 Å². The van der Waals surface area contributed by atoms with Crippen molar-refractivity contribution in [2.45, 2.75) is 6.92 Å². The molecule has 2 aromatic carbocycles. The first-order valence-corrected chi connectivity index (χ1v) is 6.46. The van der Waals surface area contributed by atoms with E-state index in [4.69, 9.17) is 16.3 Å². The van der Waals surface area contributed by atoms with E-state index in [2.05, 4.69) is 15.9 Å². The van der Waals surface area contributed by atoms with Gasteiger partial charge in [0.05, 0.1) is 5.56 Å². The maximum Gasteiger partial charge on any atom is 0.153 e. The molecule has 0 amide bonds. The molecule has 18 heavy (non-hydrogen) atoms. The Morgan fingerprint density at radius 2 is 1.94 bits per heavy atom. The van der Waals surface area contributed by atoms with E-state index in [9.17, 15) is 4.79 Å². The number of rotatable bonds is 3. The van der Waals surface area contributed by atoms with Crippen molar-refractivity contribution in [1.82, 2.24) is 0 Å². The van der Waals surface area contributed by atoms with E-state index >= 15 is 0 Å². The number of benzene rings is 2. The molecule has 0 aliphatic rings. The van der Waals surface area contributed by atoms with Crippen LogP contribution in [0, 0.1) is 6.92 Å². The van der Waals surface area contributed by atoms with Gasteiger partial charge in [0.25, 0.3) is 0 Å². The molecule has 0 aliphatic heterocycles. The number of carbonyl (C=O) groups is 1. The summed E-state index contributed by atoms with van der Waals surface area (Å²) in [4.78, 5) is 11.0. The molecule has 0 spiro atoms. The summed E-state index contributed by atoms with van der Waals surface area (Å²) in [5.41, 5.74) is 1.42. The van der Waals surface area contributed by atoms with Crippen molar-refractivity contribution in [3.05, 3.63) is 57.0 Å². The monoisotopic (exact) mass is 324 g/mol. The third-order valence-electron chi connectivity index (χ3n) is 2.46. The Bertz CT molecular complexity index is 596. The highest BCUT2D eigenvalue weighted by Crippen LogP contribution is 2.30. The second-order valence-corrected chi connectivity index (χ2v) is 5.16. The third kappa shape index (κ3) is 2.92. The number of ether oxygens (including phenoxy) is 1. The topological polar surface area (TPSA) is 26.3 Å². The normalized spacial score (nSPS) is 10.2. The van der Waals surface area contributed by atoms with Gasteiger partial charge >= 0.3 is 0 Å². The summed E-state index contributed by atoms with van der Waals surface area (Å²) in [6, 6.07) is 10.6. The molecule has 2 rings (SSSR count). The largest absolute Gasteiger partial charge is 0.456 e. The predicted octanol–water partition coefficient (Wildman–Crippen LogP) is 5.02. The Balaban J connectivity index is 2.39. The zero-order chi connectivity index (χ0) is 13.1. The zero-order valence-corrected chi connectivity index (χ0v) is 12.0. The molecule has 0 radical (unpaired) electrons. The van der Waals surface area contributed by atoms with Crippen LogP contribution in [0.5, 0.6) is 11.5 Å². The molecular formula is C14H10BrClO2. The van der Waals surface area contributed by atoms with Gasteiger partial charge in [-0.25, -0.2) is 0 Å². The Labute approximate surface area is 119 Å². The van der Waals surface area contributed by atoms with Gasteiger partial charge in [0.15, 0.2) is 6.29 Å². The average molecular weight is 326 g/mol. The Kier molecular flexibility index (Phi) is 4.04. The van der Waals surface area contributed by atoms with Gasteiger partial charge in [-0.3, -0.25) is 4.79 Å². The van der Waals surface area contributed by atoms with Crippen LogP contribution in [0.4, 0.5) is 0 Å². The van der Waals surface area contributed by atoms with Crippen LogP contribution in [-0.2, 0) is 0 Å². The van der Waals surface area contributed by atoms with Gasteiger partial charge < -0.3 is 4.74 Å². The fourth-order valence-electron chi connectivity index (χ4n) is 1.54.